The Hall–Kier alpha value is -0.130. The van der Waals surface area contributed by atoms with Crippen LogP contribution in [0.5, 0.6) is 0 Å². The molecule has 2 saturated heterocycles. The third-order valence-electron chi connectivity index (χ3n) is 3.24. The molecule has 5 heteroatoms. The van der Waals surface area contributed by atoms with E-state index in [1.165, 1.54) is 0 Å². The number of nitrogens with zero attached hydrogens (tertiary/aromatic N) is 2. The lowest BCUT2D eigenvalue weighted by Crippen LogP contribution is -2.38. The maximum atomic E-state index is 11.7. The Balaban J connectivity index is 2.03. The summed E-state index contributed by atoms with van der Waals surface area (Å²) in [5.74, 6) is 0.357. The minimum absolute atomic E-state index is 0.252. The third kappa shape index (κ3) is 1.81. The van der Waals surface area contributed by atoms with Gasteiger partial charge < -0.3 is 4.90 Å². The summed E-state index contributed by atoms with van der Waals surface area (Å²) >= 11 is 0. The highest BCUT2D eigenvalue weighted by Gasteiger charge is 2.37. The van der Waals surface area contributed by atoms with Gasteiger partial charge in [-0.3, -0.25) is 0 Å². The van der Waals surface area contributed by atoms with Crippen LogP contribution in [0.4, 0.5) is 0 Å². The van der Waals surface area contributed by atoms with E-state index < -0.39 is 10.0 Å². The van der Waals surface area contributed by atoms with Crippen molar-refractivity contribution in [2.45, 2.75) is 25.8 Å². The monoisotopic (exact) mass is 218 g/mol. The Labute approximate surface area is 85.9 Å². The van der Waals surface area contributed by atoms with Crippen molar-refractivity contribution in [3.8, 4) is 0 Å². The number of likely N-dealkylation sites (N-methyl/N-ethyl adjacent to an activating group) is 1. The minimum atomic E-state index is -2.90. The molecule has 0 saturated carbocycles. The van der Waals surface area contributed by atoms with Gasteiger partial charge >= 0.3 is 0 Å². The van der Waals surface area contributed by atoms with Crippen molar-refractivity contribution in [2.75, 3.05) is 31.9 Å². The van der Waals surface area contributed by atoms with Crippen LogP contribution in [0.25, 0.3) is 0 Å². The fourth-order valence-electron chi connectivity index (χ4n) is 2.40. The van der Waals surface area contributed by atoms with Crippen molar-refractivity contribution < 1.29 is 8.42 Å². The molecule has 0 spiro atoms. The maximum absolute atomic E-state index is 11.7. The predicted octanol–water partition coefficient (Wildman–Crippen LogP) is 0.116. The Kier molecular flexibility index (Phi) is 2.81. The lowest BCUT2D eigenvalue weighted by Gasteiger charge is -2.22. The van der Waals surface area contributed by atoms with E-state index in [2.05, 4.69) is 11.8 Å². The van der Waals surface area contributed by atoms with Gasteiger partial charge in [-0.25, -0.2) is 8.42 Å². The first kappa shape index (κ1) is 10.4. The van der Waals surface area contributed by atoms with Gasteiger partial charge in [0.2, 0.25) is 10.0 Å². The molecule has 4 nitrogen and oxygen atoms in total. The van der Waals surface area contributed by atoms with Gasteiger partial charge in [0.1, 0.15) is 0 Å². The molecule has 0 N–H and O–H groups in total. The molecule has 0 aliphatic carbocycles. The normalized spacial score (nSPS) is 33.9. The Bertz CT molecular complexity index is 302. The second-order valence-electron chi connectivity index (χ2n) is 4.12. The molecule has 2 rings (SSSR count). The summed E-state index contributed by atoms with van der Waals surface area (Å²) in [6, 6.07) is 0.252. The predicted molar refractivity (Wildman–Crippen MR) is 55.6 cm³/mol. The average Bonchev–Trinajstić information content (AvgIpc) is 2.70. The van der Waals surface area contributed by atoms with Crippen LogP contribution in [-0.2, 0) is 10.0 Å². The molecule has 82 valence electrons. The van der Waals surface area contributed by atoms with Crippen molar-refractivity contribution >= 4 is 10.0 Å². The Morgan fingerprint density at radius 3 is 2.64 bits per heavy atom. The number of hydrogen-bond donors (Lipinski definition) is 0. The molecule has 0 aromatic rings. The maximum Gasteiger partial charge on any atom is 0.214 e. The Morgan fingerprint density at radius 1 is 1.36 bits per heavy atom. The van der Waals surface area contributed by atoms with Crippen molar-refractivity contribution in [3.63, 3.8) is 0 Å². The average molecular weight is 218 g/mol. The van der Waals surface area contributed by atoms with Crippen LogP contribution in [-0.4, -0.2) is 55.6 Å². The summed E-state index contributed by atoms with van der Waals surface area (Å²) < 4.78 is 25.0. The number of hydrogen-bond acceptors (Lipinski definition) is 3. The fraction of sp³-hybridized carbons (Fsp3) is 1.00. The molecule has 0 aromatic carbocycles. The van der Waals surface area contributed by atoms with E-state index in [1.807, 2.05) is 0 Å². The van der Waals surface area contributed by atoms with Gasteiger partial charge in [-0.1, -0.05) is 6.92 Å². The molecular weight excluding hydrogens is 200 g/mol. The van der Waals surface area contributed by atoms with Crippen LogP contribution >= 0.6 is 0 Å². The van der Waals surface area contributed by atoms with Crippen molar-refractivity contribution in [1.82, 2.24) is 9.21 Å². The molecule has 0 bridgehead atoms. The van der Waals surface area contributed by atoms with Crippen LogP contribution in [0, 0.1) is 0 Å². The van der Waals surface area contributed by atoms with Crippen LogP contribution in [0.3, 0.4) is 0 Å². The van der Waals surface area contributed by atoms with Gasteiger partial charge in [0.05, 0.1) is 5.75 Å². The summed E-state index contributed by atoms with van der Waals surface area (Å²) in [5, 5.41) is 0. The standard InChI is InChI=1S/C9H18N2O2S/c1-2-10-6-4-9(8-10)11-5-3-7-14(11,12)13/h9H,2-8H2,1H3. The van der Waals surface area contributed by atoms with E-state index >= 15 is 0 Å². The largest absolute Gasteiger partial charge is 0.302 e. The molecule has 0 radical (unpaired) electrons. The summed E-state index contributed by atoms with van der Waals surface area (Å²) in [7, 11) is -2.90. The SMILES string of the molecule is CCN1CCC(N2CCCS2(=O)=O)C1. The van der Waals surface area contributed by atoms with Gasteiger partial charge in [0, 0.05) is 19.1 Å². The molecule has 2 heterocycles. The zero-order valence-corrected chi connectivity index (χ0v) is 9.46. The summed E-state index contributed by atoms with van der Waals surface area (Å²) in [6.45, 7) is 5.87. The Morgan fingerprint density at radius 2 is 2.14 bits per heavy atom. The first-order chi connectivity index (χ1) is 6.63. The highest BCUT2D eigenvalue weighted by molar-refractivity contribution is 7.89. The van der Waals surface area contributed by atoms with E-state index in [0.717, 1.165) is 39.0 Å². The van der Waals surface area contributed by atoms with E-state index in [0.29, 0.717) is 5.75 Å². The van der Waals surface area contributed by atoms with Gasteiger partial charge in [-0.15, -0.1) is 0 Å². The molecule has 1 atom stereocenters. The lowest BCUT2D eigenvalue weighted by atomic mass is 10.2. The van der Waals surface area contributed by atoms with Gasteiger partial charge in [-0.05, 0) is 25.9 Å². The van der Waals surface area contributed by atoms with E-state index in [4.69, 9.17) is 0 Å². The molecule has 2 aliphatic rings. The van der Waals surface area contributed by atoms with E-state index in [1.54, 1.807) is 4.31 Å². The smallest absolute Gasteiger partial charge is 0.214 e. The third-order valence-corrected chi connectivity index (χ3v) is 5.24. The number of sulfonamides is 1. The summed E-state index contributed by atoms with van der Waals surface area (Å²) in [6.07, 6.45) is 1.82. The van der Waals surface area contributed by atoms with Gasteiger partial charge in [0.15, 0.2) is 0 Å². The summed E-state index contributed by atoms with van der Waals surface area (Å²) in [5.41, 5.74) is 0. The van der Waals surface area contributed by atoms with Crippen LogP contribution in [0.2, 0.25) is 0 Å². The van der Waals surface area contributed by atoms with Crippen molar-refractivity contribution in [1.29, 1.82) is 0 Å². The van der Waals surface area contributed by atoms with Crippen LogP contribution in [0.15, 0.2) is 0 Å². The molecular formula is C9H18N2O2S. The number of likely N-dealkylation sites (tertiary alicyclic amines) is 1. The molecule has 0 aromatic heterocycles. The molecule has 0 amide bonds. The van der Waals surface area contributed by atoms with Crippen molar-refractivity contribution in [2.24, 2.45) is 0 Å². The first-order valence-electron chi connectivity index (χ1n) is 5.35. The van der Waals surface area contributed by atoms with E-state index in [-0.39, 0.29) is 6.04 Å². The summed E-state index contributed by atoms with van der Waals surface area (Å²) in [4.78, 5) is 2.32. The molecule has 14 heavy (non-hydrogen) atoms. The second kappa shape index (κ2) is 3.79. The first-order valence-corrected chi connectivity index (χ1v) is 6.96. The van der Waals surface area contributed by atoms with Crippen LogP contribution in [0.1, 0.15) is 19.8 Å². The van der Waals surface area contributed by atoms with Crippen molar-refractivity contribution in [3.05, 3.63) is 0 Å². The van der Waals surface area contributed by atoms with Gasteiger partial charge in [-0.2, -0.15) is 4.31 Å². The quantitative estimate of drug-likeness (QED) is 0.661. The highest BCUT2D eigenvalue weighted by atomic mass is 32.2. The van der Waals surface area contributed by atoms with E-state index in [9.17, 15) is 8.42 Å². The fourth-order valence-corrected chi connectivity index (χ4v) is 4.17. The molecule has 1 unspecified atom stereocenters. The second-order valence-corrected chi connectivity index (χ2v) is 6.16. The lowest BCUT2D eigenvalue weighted by molar-refractivity contribution is 0.304. The topological polar surface area (TPSA) is 40.6 Å². The highest BCUT2D eigenvalue weighted by Crippen LogP contribution is 2.23. The van der Waals surface area contributed by atoms with Crippen LogP contribution < -0.4 is 0 Å². The number of rotatable bonds is 2. The zero-order valence-electron chi connectivity index (χ0n) is 8.65. The van der Waals surface area contributed by atoms with Gasteiger partial charge in [0.25, 0.3) is 0 Å². The zero-order chi connectivity index (χ0) is 10.2. The minimum Gasteiger partial charge on any atom is -0.302 e. The molecule has 2 aliphatic heterocycles. The molecule has 2 fully saturated rings.